The van der Waals surface area contributed by atoms with Crippen molar-refractivity contribution >= 4 is 16.9 Å². The van der Waals surface area contributed by atoms with Gasteiger partial charge in [-0.25, -0.2) is 0 Å². The average molecular weight is 458 g/mol. The molecule has 0 saturated carbocycles. The number of rotatable bonds is 5. The van der Waals surface area contributed by atoms with Crippen molar-refractivity contribution in [1.82, 2.24) is 0 Å². The van der Waals surface area contributed by atoms with Crippen molar-refractivity contribution < 1.29 is 28.2 Å². The zero-order chi connectivity index (χ0) is 23.8. The van der Waals surface area contributed by atoms with E-state index in [1.807, 2.05) is 30.3 Å². The predicted octanol–water partition coefficient (Wildman–Crippen LogP) is 4.93. The number of carbonyl (C=O) groups is 1. The van der Waals surface area contributed by atoms with Gasteiger partial charge in [-0.2, -0.15) is 0 Å². The summed E-state index contributed by atoms with van der Waals surface area (Å²) in [4.78, 5) is 25.9. The number of fused-ring (bicyclic) bond motifs is 3. The molecule has 0 radical (unpaired) electrons. The highest BCUT2D eigenvalue weighted by molar-refractivity contribution is 5.90. The molecule has 34 heavy (non-hydrogen) atoms. The largest absolute Gasteiger partial charge is 0.493 e. The van der Waals surface area contributed by atoms with Crippen LogP contribution in [0.2, 0.25) is 0 Å². The third kappa shape index (κ3) is 3.46. The minimum atomic E-state index is -0.445. The molecule has 2 heterocycles. The molecule has 7 nitrogen and oxygen atoms in total. The zero-order valence-corrected chi connectivity index (χ0v) is 18.9. The van der Waals surface area contributed by atoms with Crippen molar-refractivity contribution in [3.05, 3.63) is 82.2 Å². The monoisotopic (exact) mass is 458 g/mol. The van der Waals surface area contributed by atoms with Gasteiger partial charge in [0.25, 0.3) is 0 Å². The van der Waals surface area contributed by atoms with E-state index < -0.39 is 5.92 Å². The lowest BCUT2D eigenvalue weighted by Crippen LogP contribution is -2.22. The summed E-state index contributed by atoms with van der Waals surface area (Å²) in [5, 5.41) is 0.412. The van der Waals surface area contributed by atoms with Crippen molar-refractivity contribution in [2.75, 3.05) is 21.3 Å². The molecule has 0 N–H and O–H groups in total. The molecule has 4 aromatic rings. The Balaban J connectivity index is 1.74. The molecule has 0 amide bonds. The Hall–Kier alpha value is -4.26. The van der Waals surface area contributed by atoms with E-state index in [9.17, 15) is 9.59 Å². The van der Waals surface area contributed by atoms with Gasteiger partial charge < -0.3 is 23.4 Å². The highest BCUT2D eigenvalue weighted by Gasteiger charge is 2.33. The molecule has 3 aromatic carbocycles. The predicted molar refractivity (Wildman–Crippen MR) is 126 cm³/mol. The molecule has 1 aliphatic rings. The number of benzene rings is 3. The number of ether oxygens (including phenoxy) is 4. The van der Waals surface area contributed by atoms with Crippen LogP contribution in [0, 0.1) is 0 Å². The Morgan fingerprint density at radius 2 is 1.59 bits per heavy atom. The molecule has 0 aliphatic carbocycles. The number of esters is 1. The standard InChI is InChI=1S/C27H22O7/c1-30-21-11-16(12-22(31-2)27(21)32-3)18-13-23(28)34-20-10-9-17-25(29)19(14-33-26(17)24(18)20)15-7-5-4-6-8-15/h4-12,14,18H,13H2,1-3H3. The molecular weight excluding hydrogens is 436 g/mol. The minimum absolute atomic E-state index is 0.0644. The zero-order valence-electron chi connectivity index (χ0n) is 18.9. The topological polar surface area (TPSA) is 84.2 Å². The number of hydrogen-bond donors (Lipinski definition) is 0. The van der Waals surface area contributed by atoms with Crippen molar-refractivity contribution in [1.29, 1.82) is 0 Å². The van der Waals surface area contributed by atoms with Gasteiger partial charge in [-0.15, -0.1) is 0 Å². The van der Waals surface area contributed by atoms with E-state index in [0.717, 1.165) is 11.1 Å². The maximum atomic E-state index is 13.4. The van der Waals surface area contributed by atoms with E-state index in [4.69, 9.17) is 23.4 Å². The van der Waals surface area contributed by atoms with Crippen LogP contribution in [0.5, 0.6) is 23.0 Å². The van der Waals surface area contributed by atoms with Crippen LogP contribution < -0.4 is 24.4 Å². The molecule has 1 unspecified atom stereocenters. The maximum Gasteiger partial charge on any atom is 0.312 e. The first-order valence-corrected chi connectivity index (χ1v) is 10.7. The van der Waals surface area contributed by atoms with Crippen molar-refractivity contribution in [2.45, 2.75) is 12.3 Å². The number of methoxy groups -OCH3 is 3. The van der Waals surface area contributed by atoms with Crippen LogP contribution in [0.4, 0.5) is 0 Å². The lowest BCUT2D eigenvalue weighted by atomic mass is 9.84. The van der Waals surface area contributed by atoms with Gasteiger partial charge in [-0.05, 0) is 35.4 Å². The molecular formula is C27H22O7. The van der Waals surface area contributed by atoms with E-state index in [0.29, 0.717) is 45.1 Å². The lowest BCUT2D eigenvalue weighted by Gasteiger charge is -2.26. The van der Waals surface area contributed by atoms with E-state index in [1.165, 1.54) is 27.6 Å². The lowest BCUT2D eigenvalue weighted by molar-refractivity contribution is -0.135. The second-order valence-electron chi connectivity index (χ2n) is 7.89. The second-order valence-corrected chi connectivity index (χ2v) is 7.89. The van der Waals surface area contributed by atoms with Gasteiger partial charge >= 0.3 is 5.97 Å². The van der Waals surface area contributed by atoms with Crippen LogP contribution in [0.3, 0.4) is 0 Å². The fraction of sp³-hybridized carbons (Fsp3) is 0.185. The fourth-order valence-electron chi connectivity index (χ4n) is 4.46. The van der Waals surface area contributed by atoms with Crippen molar-refractivity contribution in [2.24, 2.45) is 0 Å². The van der Waals surface area contributed by atoms with E-state index in [1.54, 1.807) is 24.3 Å². The maximum absolute atomic E-state index is 13.4. The van der Waals surface area contributed by atoms with Crippen LogP contribution in [-0.4, -0.2) is 27.3 Å². The third-order valence-corrected chi connectivity index (χ3v) is 6.06. The Morgan fingerprint density at radius 1 is 0.882 bits per heavy atom. The first-order chi connectivity index (χ1) is 16.5. The highest BCUT2D eigenvalue weighted by atomic mass is 16.5. The van der Waals surface area contributed by atoms with Crippen LogP contribution in [-0.2, 0) is 4.79 Å². The number of hydrogen-bond acceptors (Lipinski definition) is 7. The molecule has 1 atom stereocenters. The van der Waals surface area contributed by atoms with Gasteiger partial charge in [-0.1, -0.05) is 30.3 Å². The van der Waals surface area contributed by atoms with Gasteiger partial charge in [0.05, 0.1) is 38.7 Å². The first kappa shape index (κ1) is 21.6. The molecule has 1 aromatic heterocycles. The highest BCUT2D eigenvalue weighted by Crippen LogP contribution is 2.47. The van der Waals surface area contributed by atoms with Gasteiger partial charge in [0, 0.05) is 11.5 Å². The van der Waals surface area contributed by atoms with Gasteiger partial charge in [0.1, 0.15) is 17.6 Å². The van der Waals surface area contributed by atoms with E-state index in [2.05, 4.69) is 0 Å². The first-order valence-electron chi connectivity index (χ1n) is 10.7. The summed E-state index contributed by atoms with van der Waals surface area (Å²) in [5.41, 5.74) is 2.83. The van der Waals surface area contributed by atoms with Crippen LogP contribution in [0.15, 0.2) is 70.1 Å². The number of carbonyl (C=O) groups excluding carboxylic acids is 1. The summed E-state index contributed by atoms with van der Waals surface area (Å²) in [5.74, 6) is 0.909. The normalized spacial score (nSPS) is 14.9. The third-order valence-electron chi connectivity index (χ3n) is 6.06. The summed E-state index contributed by atoms with van der Waals surface area (Å²) < 4.78 is 28.0. The van der Waals surface area contributed by atoms with Gasteiger partial charge in [0.2, 0.25) is 11.2 Å². The second kappa shape index (κ2) is 8.59. The molecule has 0 saturated heterocycles. The van der Waals surface area contributed by atoms with E-state index >= 15 is 0 Å². The van der Waals surface area contributed by atoms with Crippen molar-refractivity contribution in [3.63, 3.8) is 0 Å². The van der Waals surface area contributed by atoms with Gasteiger partial charge in [-0.3, -0.25) is 9.59 Å². The average Bonchev–Trinajstić information content (AvgIpc) is 2.87. The molecule has 1 aliphatic heterocycles. The summed E-state index contributed by atoms with van der Waals surface area (Å²) in [6.07, 6.45) is 1.53. The Bertz CT molecular complexity index is 1430. The SMILES string of the molecule is COc1cc(C2CC(=O)Oc3ccc4c(=O)c(-c5ccccc5)coc4c32)cc(OC)c1OC. The Labute approximate surface area is 195 Å². The fourth-order valence-corrected chi connectivity index (χ4v) is 4.46. The Kier molecular flexibility index (Phi) is 5.45. The summed E-state index contributed by atoms with van der Waals surface area (Å²) >= 11 is 0. The van der Waals surface area contributed by atoms with Crippen LogP contribution >= 0.6 is 0 Å². The molecule has 5 rings (SSSR count). The van der Waals surface area contributed by atoms with Crippen LogP contribution in [0.1, 0.15) is 23.5 Å². The minimum Gasteiger partial charge on any atom is -0.493 e. The van der Waals surface area contributed by atoms with Gasteiger partial charge in [0.15, 0.2) is 11.5 Å². The summed E-state index contributed by atoms with van der Waals surface area (Å²) in [7, 11) is 4.59. The molecule has 172 valence electrons. The summed E-state index contributed by atoms with van der Waals surface area (Å²) in [6.45, 7) is 0. The van der Waals surface area contributed by atoms with E-state index in [-0.39, 0.29) is 17.8 Å². The smallest absolute Gasteiger partial charge is 0.312 e. The van der Waals surface area contributed by atoms with Crippen molar-refractivity contribution in [3.8, 4) is 34.1 Å². The molecule has 7 heteroatoms. The molecule has 0 fully saturated rings. The molecule has 0 bridgehead atoms. The summed E-state index contributed by atoms with van der Waals surface area (Å²) in [6, 6.07) is 16.2. The quantitative estimate of drug-likeness (QED) is 0.310. The van der Waals surface area contributed by atoms with Crippen LogP contribution in [0.25, 0.3) is 22.1 Å². The Morgan fingerprint density at radius 3 is 2.24 bits per heavy atom. The molecule has 0 spiro atoms.